The first-order valence-corrected chi connectivity index (χ1v) is 6.17. The summed E-state index contributed by atoms with van der Waals surface area (Å²) in [4.78, 5) is 22.1. The number of halogens is 1. The van der Waals surface area contributed by atoms with Gasteiger partial charge in [-0.05, 0) is 18.4 Å². The zero-order valence-corrected chi connectivity index (χ0v) is 11.2. The van der Waals surface area contributed by atoms with Crippen LogP contribution in [-0.4, -0.2) is 29.1 Å². The van der Waals surface area contributed by atoms with Gasteiger partial charge in [0.15, 0.2) is 0 Å². The van der Waals surface area contributed by atoms with Crippen molar-refractivity contribution >= 4 is 23.2 Å². The molecule has 0 heterocycles. The zero-order valence-electron chi connectivity index (χ0n) is 10.4. The Balaban J connectivity index is 2.85. The minimum atomic E-state index is -0.641. The van der Waals surface area contributed by atoms with Crippen molar-refractivity contribution in [3.05, 3.63) is 38.9 Å². The lowest BCUT2D eigenvalue weighted by Crippen LogP contribution is -2.29. The minimum absolute atomic E-state index is 0.0310. The maximum absolute atomic E-state index is 11.9. The molecule has 1 atom stereocenters. The molecular formula is C12H15ClN2O4. The molecule has 1 rings (SSSR count). The fraction of sp³-hybridized carbons (Fsp3) is 0.417. The molecular weight excluding hydrogens is 272 g/mol. The van der Waals surface area contributed by atoms with Gasteiger partial charge in [0.05, 0.1) is 9.95 Å². The van der Waals surface area contributed by atoms with E-state index >= 15 is 0 Å². The summed E-state index contributed by atoms with van der Waals surface area (Å²) in [7, 11) is 0. The number of amides is 1. The fourth-order valence-corrected chi connectivity index (χ4v) is 1.82. The lowest BCUT2D eigenvalue weighted by Gasteiger charge is -2.11. The molecule has 0 radical (unpaired) electrons. The van der Waals surface area contributed by atoms with E-state index in [1.54, 1.807) is 0 Å². The van der Waals surface area contributed by atoms with Gasteiger partial charge in [-0.1, -0.05) is 24.6 Å². The van der Waals surface area contributed by atoms with Crippen molar-refractivity contribution in [1.29, 1.82) is 0 Å². The van der Waals surface area contributed by atoms with Crippen LogP contribution in [0.3, 0.4) is 0 Å². The molecule has 0 bridgehead atoms. The lowest BCUT2D eigenvalue weighted by atomic mass is 10.1. The second-order valence-corrected chi connectivity index (χ2v) is 4.63. The minimum Gasteiger partial charge on any atom is -0.396 e. The van der Waals surface area contributed by atoms with Crippen molar-refractivity contribution in [3.8, 4) is 0 Å². The molecule has 7 heteroatoms. The molecule has 1 aromatic carbocycles. The van der Waals surface area contributed by atoms with Crippen molar-refractivity contribution in [2.75, 3.05) is 13.2 Å². The molecule has 19 heavy (non-hydrogen) atoms. The highest BCUT2D eigenvalue weighted by atomic mass is 35.5. The van der Waals surface area contributed by atoms with Gasteiger partial charge in [-0.25, -0.2) is 0 Å². The van der Waals surface area contributed by atoms with Gasteiger partial charge in [-0.2, -0.15) is 0 Å². The second-order valence-electron chi connectivity index (χ2n) is 4.22. The number of nitro benzene ring substituents is 1. The average molecular weight is 287 g/mol. The third kappa shape index (κ3) is 4.18. The van der Waals surface area contributed by atoms with Crippen molar-refractivity contribution < 1.29 is 14.8 Å². The van der Waals surface area contributed by atoms with Gasteiger partial charge in [-0.3, -0.25) is 14.9 Å². The molecule has 0 aliphatic carbocycles. The highest BCUT2D eigenvalue weighted by molar-refractivity contribution is 6.34. The maximum atomic E-state index is 11.9. The molecule has 0 fully saturated rings. The van der Waals surface area contributed by atoms with Crippen LogP contribution in [0.5, 0.6) is 0 Å². The summed E-state index contributed by atoms with van der Waals surface area (Å²) in [6.07, 6.45) is 0.547. The summed E-state index contributed by atoms with van der Waals surface area (Å²) in [5.41, 5.74) is -0.454. The fourth-order valence-electron chi connectivity index (χ4n) is 1.57. The molecule has 104 valence electrons. The topological polar surface area (TPSA) is 92.5 Å². The number of rotatable bonds is 6. The molecule has 0 aliphatic heterocycles. The first-order valence-electron chi connectivity index (χ1n) is 5.79. The summed E-state index contributed by atoms with van der Waals surface area (Å²) in [6, 6.07) is 4.09. The second kappa shape index (κ2) is 7.06. The van der Waals surface area contributed by atoms with E-state index < -0.39 is 10.8 Å². The smallest absolute Gasteiger partial charge is 0.283 e. The Labute approximate surface area is 115 Å². The van der Waals surface area contributed by atoms with E-state index in [2.05, 4.69) is 5.32 Å². The Hall–Kier alpha value is -1.66. The quantitative estimate of drug-likeness (QED) is 0.618. The van der Waals surface area contributed by atoms with Crippen molar-refractivity contribution in [1.82, 2.24) is 5.32 Å². The Kier molecular flexibility index (Phi) is 5.72. The van der Waals surface area contributed by atoms with Crippen LogP contribution < -0.4 is 5.32 Å². The normalized spacial score (nSPS) is 11.9. The third-order valence-electron chi connectivity index (χ3n) is 2.65. The van der Waals surface area contributed by atoms with Crippen molar-refractivity contribution in [2.24, 2.45) is 5.92 Å². The number of benzene rings is 1. The number of aliphatic hydroxyl groups is 1. The third-order valence-corrected chi connectivity index (χ3v) is 2.96. The number of nitrogens with one attached hydrogen (secondary N) is 1. The predicted octanol–water partition coefficient (Wildman–Crippen LogP) is 2.00. The monoisotopic (exact) mass is 286 g/mol. The maximum Gasteiger partial charge on any atom is 0.283 e. The highest BCUT2D eigenvalue weighted by Crippen LogP contribution is 2.25. The Morgan fingerprint density at radius 3 is 2.84 bits per heavy atom. The summed E-state index contributed by atoms with van der Waals surface area (Å²) < 4.78 is 0. The van der Waals surface area contributed by atoms with Crippen LogP contribution in [0.25, 0.3) is 0 Å². The van der Waals surface area contributed by atoms with E-state index in [1.807, 2.05) is 6.92 Å². The SMILES string of the molecule is CC(CCO)CNC(=O)c1c(Cl)cccc1[N+](=O)[O-]. The Morgan fingerprint density at radius 2 is 2.26 bits per heavy atom. The van der Waals surface area contributed by atoms with E-state index in [0.29, 0.717) is 13.0 Å². The van der Waals surface area contributed by atoms with Gasteiger partial charge in [0.1, 0.15) is 5.56 Å². The predicted molar refractivity (Wildman–Crippen MR) is 71.3 cm³/mol. The number of hydrogen-bond acceptors (Lipinski definition) is 4. The Morgan fingerprint density at radius 1 is 1.58 bits per heavy atom. The summed E-state index contributed by atoms with van der Waals surface area (Å²) >= 11 is 5.84. The number of nitro groups is 1. The van der Waals surface area contributed by atoms with Gasteiger partial charge in [0.2, 0.25) is 0 Å². The molecule has 0 spiro atoms. The lowest BCUT2D eigenvalue weighted by molar-refractivity contribution is -0.385. The van der Waals surface area contributed by atoms with Crippen LogP contribution in [0.1, 0.15) is 23.7 Å². The number of aliphatic hydroxyl groups excluding tert-OH is 1. The average Bonchev–Trinajstić information content (AvgIpc) is 2.36. The van der Waals surface area contributed by atoms with Crippen LogP contribution in [-0.2, 0) is 0 Å². The molecule has 0 aromatic heterocycles. The first-order chi connectivity index (χ1) is 8.97. The highest BCUT2D eigenvalue weighted by Gasteiger charge is 2.23. The van der Waals surface area contributed by atoms with Crippen LogP contribution in [0.15, 0.2) is 18.2 Å². The van der Waals surface area contributed by atoms with Crippen molar-refractivity contribution in [3.63, 3.8) is 0 Å². The van der Waals surface area contributed by atoms with Gasteiger partial charge >= 0.3 is 0 Å². The van der Waals surface area contributed by atoms with Crippen LogP contribution in [0.2, 0.25) is 5.02 Å². The van der Waals surface area contributed by atoms with E-state index in [9.17, 15) is 14.9 Å². The molecule has 1 amide bonds. The summed E-state index contributed by atoms with van der Waals surface area (Å²) in [6.45, 7) is 2.21. The number of hydrogen-bond donors (Lipinski definition) is 2. The summed E-state index contributed by atoms with van der Waals surface area (Å²) in [5, 5.41) is 22.2. The summed E-state index contributed by atoms with van der Waals surface area (Å²) in [5.74, 6) is -0.502. The van der Waals surface area contributed by atoms with Gasteiger partial charge in [0, 0.05) is 19.2 Å². The number of nitrogens with zero attached hydrogens (tertiary/aromatic N) is 1. The van der Waals surface area contributed by atoms with Crippen molar-refractivity contribution in [2.45, 2.75) is 13.3 Å². The van der Waals surface area contributed by atoms with E-state index in [4.69, 9.17) is 16.7 Å². The molecule has 2 N–H and O–H groups in total. The molecule has 1 aromatic rings. The van der Waals surface area contributed by atoms with Crippen LogP contribution in [0, 0.1) is 16.0 Å². The van der Waals surface area contributed by atoms with Gasteiger partial charge in [-0.15, -0.1) is 0 Å². The first kappa shape index (κ1) is 15.4. The molecule has 6 nitrogen and oxygen atoms in total. The van der Waals surface area contributed by atoms with E-state index in [1.165, 1.54) is 18.2 Å². The van der Waals surface area contributed by atoms with Crippen LogP contribution in [0.4, 0.5) is 5.69 Å². The molecule has 1 unspecified atom stereocenters. The van der Waals surface area contributed by atoms with Crippen LogP contribution >= 0.6 is 11.6 Å². The van der Waals surface area contributed by atoms with Gasteiger partial charge < -0.3 is 10.4 Å². The molecule has 0 saturated carbocycles. The van der Waals surface area contributed by atoms with Gasteiger partial charge in [0.25, 0.3) is 11.6 Å². The largest absolute Gasteiger partial charge is 0.396 e. The standard InChI is InChI=1S/C12H15ClN2O4/c1-8(5-6-16)7-14-12(17)11-9(13)3-2-4-10(11)15(18)19/h2-4,8,16H,5-7H2,1H3,(H,14,17). The number of carbonyl (C=O) groups is 1. The number of carbonyl (C=O) groups excluding carboxylic acids is 1. The molecule has 0 saturated heterocycles. The van der Waals surface area contributed by atoms with E-state index in [0.717, 1.165) is 0 Å². The zero-order chi connectivity index (χ0) is 14.4. The van der Waals surface area contributed by atoms with E-state index in [-0.39, 0.29) is 28.8 Å². The molecule has 0 aliphatic rings. The Bertz CT molecular complexity index is 479.